The molecule has 0 saturated heterocycles. The lowest BCUT2D eigenvalue weighted by Crippen LogP contribution is -2.32. The summed E-state index contributed by atoms with van der Waals surface area (Å²) in [5.74, 6) is 0. The predicted octanol–water partition coefficient (Wildman–Crippen LogP) is 1.68. The van der Waals surface area contributed by atoms with Gasteiger partial charge in [-0.2, -0.15) is 4.31 Å². The summed E-state index contributed by atoms with van der Waals surface area (Å²) in [6.07, 6.45) is 3.26. The van der Waals surface area contributed by atoms with Crippen LogP contribution in [0, 0.1) is 0 Å². The number of unbranched alkanes of at least 4 members (excludes halogenated alkanes) is 1. The first kappa shape index (κ1) is 15.9. The number of sulfonamides is 1. The molecule has 0 amide bonds. The highest BCUT2D eigenvalue weighted by Gasteiger charge is 2.22. The van der Waals surface area contributed by atoms with Crippen molar-refractivity contribution in [3.8, 4) is 0 Å². The van der Waals surface area contributed by atoms with E-state index in [0.29, 0.717) is 19.6 Å². The van der Waals surface area contributed by atoms with Gasteiger partial charge in [0, 0.05) is 31.9 Å². The van der Waals surface area contributed by atoms with E-state index in [1.54, 1.807) is 13.8 Å². The maximum atomic E-state index is 12.3. The van der Waals surface area contributed by atoms with Crippen LogP contribution in [0.15, 0.2) is 28.0 Å². The van der Waals surface area contributed by atoms with Gasteiger partial charge in [0.05, 0.1) is 4.90 Å². The summed E-state index contributed by atoms with van der Waals surface area (Å²) < 4.78 is 27.5. The topological polar surface area (TPSA) is 59.4 Å². The first-order valence-electron chi connectivity index (χ1n) is 6.68. The zero-order valence-electron chi connectivity index (χ0n) is 11.8. The molecule has 0 aliphatic rings. The van der Waals surface area contributed by atoms with Crippen molar-refractivity contribution in [2.75, 3.05) is 13.1 Å². The molecule has 0 bridgehead atoms. The van der Waals surface area contributed by atoms with E-state index in [1.807, 2.05) is 6.92 Å². The molecule has 0 radical (unpaired) electrons. The van der Waals surface area contributed by atoms with Crippen LogP contribution in [-0.2, 0) is 16.6 Å². The molecular weight excluding hydrogens is 264 g/mol. The van der Waals surface area contributed by atoms with Gasteiger partial charge in [0.15, 0.2) is 0 Å². The minimum absolute atomic E-state index is 0.160. The average Bonchev–Trinajstić information content (AvgIpc) is 2.38. The summed E-state index contributed by atoms with van der Waals surface area (Å²) >= 11 is 0. The molecule has 1 rings (SSSR count). The van der Waals surface area contributed by atoms with Crippen LogP contribution >= 0.6 is 0 Å². The Labute approximate surface area is 114 Å². The van der Waals surface area contributed by atoms with Crippen molar-refractivity contribution in [2.45, 2.75) is 45.1 Å². The maximum Gasteiger partial charge on any atom is 0.250 e. The third kappa shape index (κ3) is 3.67. The third-order valence-electron chi connectivity index (χ3n) is 3.05. The number of rotatable bonds is 7. The fourth-order valence-electron chi connectivity index (χ4n) is 1.88. The molecule has 0 N–H and O–H groups in total. The largest absolute Gasteiger partial charge is 0.314 e. The van der Waals surface area contributed by atoms with Gasteiger partial charge in [-0.1, -0.05) is 27.2 Å². The Kier molecular flexibility index (Phi) is 5.75. The van der Waals surface area contributed by atoms with Gasteiger partial charge in [-0.15, -0.1) is 0 Å². The van der Waals surface area contributed by atoms with Crippen molar-refractivity contribution in [3.63, 3.8) is 0 Å². The van der Waals surface area contributed by atoms with Crippen LogP contribution in [0.2, 0.25) is 0 Å². The van der Waals surface area contributed by atoms with Gasteiger partial charge in [-0.05, 0) is 12.5 Å². The van der Waals surface area contributed by atoms with E-state index in [-0.39, 0.29) is 10.5 Å². The van der Waals surface area contributed by atoms with Gasteiger partial charge in [-0.3, -0.25) is 4.79 Å². The maximum absolute atomic E-state index is 12.3. The number of aromatic nitrogens is 1. The van der Waals surface area contributed by atoms with Crippen molar-refractivity contribution < 1.29 is 8.42 Å². The third-order valence-corrected chi connectivity index (χ3v) is 5.09. The first-order valence-corrected chi connectivity index (χ1v) is 8.12. The molecule has 6 heteroatoms. The minimum Gasteiger partial charge on any atom is -0.314 e. The van der Waals surface area contributed by atoms with E-state index < -0.39 is 10.0 Å². The summed E-state index contributed by atoms with van der Waals surface area (Å²) in [5.41, 5.74) is -0.160. The molecule has 5 nitrogen and oxygen atoms in total. The number of pyridine rings is 1. The zero-order valence-corrected chi connectivity index (χ0v) is 12.6. The summed E-state index contributed by atoms with van der Waals surface area (Å²) in [7, 11) is -3.49. The second kappa shape index (κ2) is 6.86. The molecule has 0 fully saturated rings. The standard InChI is InChI=1S/C13H22N2O3S/c1-4-7-10-14-11-12(8-9-13(14)16)19(17,18)15(5-2)6-3/h8-9,11H,4-7,10H2,1-3H3. The second-order valence-electron chi connectivity index (χ2n) is 4.34. The molecule has 0 saturated carbocycles. The number of hydrogen-bond acceptors (Lipinski definition) is 3. The molecule has 0 aliphatic carbocycles. The summed E-state index contributed by atoms with van der Waals surface area (Å²) in [5, 5.41) is 0. The van der Waals surface area contributed by atoms with Crippen molar-refractivity contribution >= 4 is 10.0 Å². The highest BCUT2D eigenvalue weighted by Crippen LogP contribution is 2.13. The number of nitrogens with zero attached hydrogens (tertiary/aromatic N) is 2. The lowest BCUT2D eigenvalue weighted by atomic mass is 10.3. The van der Waals surface area contributed by atoms with Crippen LogP contribution in [0.4, 0.5) is 0 Å². The Morgan fingerprint density at radius 1 is 1.16 bits per heavy atom. The lowest BCUT2D eigenvalue weighted by Gasteiger charge is -2.19. The Hall–Kier alpha value is -1.14. The predicted molar refractivity (Wildman–Crippen MR) is 75.7 cm³/mol. The Balaban J connectivity index is 3.18. The van der Waals surface area contributed by atoms with Crippen LogP contribution in [0.25, 0.3) is 0 Å². The number of aryl methyl sites for hydroxylation is 1. The fraction of sp³-hybridized carbons (Fsp3) is 0.615. The molecule has 1 aromatic rings. The monoisotopic (exact) mass is 286 g/mol. The quantitative estimate of drug-likeness (QED) is 0.766. The second-order valence-corrected chi connectivity index (χ2v) is 6.28. The van der Waals surface area contributed by atoms with Gasteiger partial charge >= 0.3 is 0 Å². The molecule has 0 unspecified atom stereocenters. The van der Waals surface area contributed by atoms with Crippen LogP contribution < -0.4 is 5.56 Å². The Morgan fingerprint density at radius 3 is 2.32 bits per heavy atom. The molecule has 0 spiro atoms. The zero-order chi connectivity index (χ0) is 14.5. The van der Waals surface area contributed by atoms with Crippen LogP contribution in [-0.4, -0.2) is 30.4 Å². The SMILES string of the molecule is CCCCn1cc(S(=O)(=O)N(CC)CC)ccc1=O. The summed E-state index contributed by atoms with van der Waals surface area (Å²) in [4.78, 5) is 11.9. The van der Waals surface area contributed by atoms with Crippen LogP contribution in [0.5, 0.6) is 0 Å². The van der Waals surface area contributed by atoms with Crippen molar-refractivity contribution in [1.82, 2.24) is 8.87 Å². The number of hydrogen-bond donors (Lipinski definition) is 0. The molecule has 0 atom stereocenters. The highest BCUT2D eigenvalue weighted by atomic mass is 32.2. The molecule has 0 aromatic carbocycles. The molecule has 1 aromatic heterocycles. The van der Waals surface area contributed by atoms with E-state index in [4.69, 9.17) is 0 Å². The average molecular weight is 286 g/mol. The van der Waals surface area contributed by atoms with Crippen LogP contribution in [0.1, 0.15) is 33.6 Å². The van der Waals surface area contributed by atoms with Gasteiger partial charge in [0.1, 0.15) is 0 Å². The summed E-state index contributed by atoms with van der Waals surface area (Å²) in [6, 6.07) is 2.71. The van der Waals surface area contributed by atoms with Gasteiger partial charge < -0.3 is 4.57 Å². The van der Waals surface area contributed by atoms with E-state index in [1.165, 1.54) is 27.2 Å². The lowest BCUT2D eigenvalue weighted by molar-refractivity contribution is 0.444. The van der Waals surface area contributed by atoms with Crippen molar-refractivity contribution in [1.29, 1.82) is 0 Å². The Morgan fingerprint density at radius 2 is 1.79 bits per heavy atom. The minimum atomic E-state index is -3.49. The summed E-state index contributed by atoms with van der Waals surface area (Å²) in [6.45, 7) is 7.03. The smallest absolute Gasteiger partial charge is 0.250 e. The molecule has 108 valence electrons. The van der Waals surface area contributed by atoms with E-state index in [2.05, 4.69) is 0 Å². The van der Waals surface area contributed by atoms with E-state index in [9.17, 15) is 13.2 Å². The van der Waals surface area contributed by atoms with Crippen molar-refractivity contribution in [2.24, 2.45) is 0 Å². The van der Waals surface area contributed by atoms with Crippen molar-refractivity contribution in [3.05, 3.63) is 28.7 Å². The van der Waals surface area contributed by atoms with Gasteiger partial charge in [0.2, 0.25) is 10.0 Å². The van der Waals surface area contributed by atoms with Gasteiger partial charge in [0.25, 0.3) is 5.56 Å². The molecule has 0 aliphatic heterocycles. The van der Waals surface area contributed by atoms with Crippen LogP contribution in [0.3, 0.4) is 0 Å². The normalized spacial score (nSPS) is 12.0. The van der Waals surface area contributed by atoms with E-state index >= 15 is 0 Å². The van der Waals surface area contributed by atoms with Gasteiger partial charge in [-0.25, -0.2) is 8.42 Å². The molecule has 19 heavy (non-hydrogen) atoms. The fourth-order valence-corrected chi connectivity index (χ4v) is 3.36. The Bertz CT molecular complexity index is 559. The highest BCUT2D eigenvalue weighted by molar-refractivity contribution is 7.89. The molecule has 1 heterocycles. The first-order chi connectivity index (χ1) is 8.97. The van der Waals surface area contributed by atoms with E-state index in [0.717, 1.165) is 12.8 Å². The molecular formula is C13H22N2O3S.